The van der Waals surface area contributed by atoms with Crippen LogP contribution in [0.3, 0.4) is 0 Å². The van der Waals surface area contributed by atoms with Gasteiger partial charge in [-0.2, -0.15) is 0 Å². The van der Waals surface area contributed by atoms with Crippen LogP contribution in [0.15, 0.2) is 29.2 Å². The van der Waals surface area contributed by atoms with Gasteiger partial charge in [-0.1, -0.05) is 12.1 Å². The molecule has 0 aliphatic carbocycles. The highest BCUT2D eigenvalue weighted by Gasteiger charge is 2.35. The van der Waals surface area contributed by atoms with Gasteiger partial charge in [-0.05, 0) is 38.6 Å². The van der Waals surface area contributed by atoms with Crippen LogP contribution in [-0.2, 0) is 10.0 Å². The molecular formula is C13H18N2O3S. The Morgan fingerprint density at radius 2 is 2.00 bits per heavy atom. The van der Waals surface area contributed by atoms with E-state index in [1.54, 1.807) is 24.3 Å². The van der Waals surface area contributed by atoms with Crippen molar-refractivity contribution in [1.29, 1.82) is 0 Å². The molecule has 19 heavy (non-hydrogen) atoms. The molecule has 5 nitrogen and oxygen atoms in total. The standard InChI is InChI=1S/C13H18N2O3S/c1-15-8-6-10-11(7-9-15)18-12-4-2-3-5-13(12)19(16,17)14-10/h2-5,10-11,14H,6-9H2,1H3/t10-,11-/m0/s1. The van der Waals surface area contributed by atoms with E-state index in [4.69, 9.17) is 4.74 Å². The molecule has 104 valence electrons. The number of para-hydroxylation sites is 1. The van der Waals surface area contributed by atoms with Crippen molar-refractivity contribution in [3.63, 3.8) is 0 Å². The largest absolute Gasteiger partial charge is 0.487 e. The number of ether oxygens (including phenoxy) is 1. The van der Waals surface area contributed by atoms with Gasteiger partial charge in [0.15, 0.2) is 0 Å². The van der Waals surface area contributed by atoms with Crippen molar-refractivity contribution in [1.82, 2.24) is 9.62 Å². The number of rotatable bonds is 0. The maximum Gasteiger partial charge on any atom is 0.244 e. The lowest BCUT2D eigenvalue weighted by Crippen LogP contribution is -2.43. The molecule has 0 bridgehead atoms. The summed E-state index contributed by atoms with van der Waals surface area (Å²) >= 11 is 0. The Bertz CT molecular complexity index is 573. The second kappa shape index (κ2) is 4.77. The molecule has 2 atom stereocenters. The van der Waals surface area contributed by atoms with Gasteiger partial charge >= 0.3 is 0 Å². The predicted octanol–water partition coefficient (Wildman–Crippen LogP) is 0.820. The number of hydrogen-bond donors (Lipinski definition) is 1. The van der Waals surface area contributed by atoms with Crippen molar-refractivity contribution in [2.75, 3.05) is 20.1 Å². The van der Waals surface area contributed by atoms with E-state index >= 15 is 0 Å². The molecule has 0 spiro atoms. The number of hydrogen-bond acceptors (Lipinski definition) is 4. The van der Waals surface area contributed by atoms with Gasteiger partial charge in [-0.25, -0.2) is 13.1 Å². The summed E-state index contributed by atoms with van der Waals surface area (Å²) in [5.41, 5.74) is 0. The number of sulfonamides is 1. The number of nitrogens with zero attached hydrogens (tertiary/aromatic N) is 1. The lowest BCUT2D eigenvalue weighted by molar-refractivity contribution is 0.158. The fourth-order valence-corrected chi connectivity index (χ4v) is 4.11. The van der Waals surface area contributed by atoms with Crippen LogP contribution in [0.5, 0.6) is 5.75 Å². The summed E-state index contributed by atoms with van der Waals surface area (Å²) in [6.07, 6.45) is 1.51. The van der Waals surface area contributed by atoms with E-state index in [-0.39, 0.29) is 17.0 Å². The molecule has 2 heterocycles. The fraction of sp³-hybridized carbons (Fsp3) is 0.538. The number of likely N-dealkylation sites (tertiary alicyclic amines) is 1. The Hall–Kier alpha value is -1.11. The third kappa shape index (κ3) is 2.48. The molecule has 2 aliphatic rings. The summed E-state index contributed by atoms with van der Waals surface area (Å²) in [4.78, 5) is 2.45. The topological polar surface area (TPSA) is 58.6 Å². The molecule has 6 heteroatoms. The monoisotopic (exact) mass is 282 g/mol. The third-order valence-electron chi connectivity index (χ3n) is 3.79. The van der Waals surface area contributed by atoms with Crippen LogP contribution in [0.25, 0.3) is 0 Å². The van der Waals surface area contributed by atoms with Crippen molar-refractivity contribution in [2.24, 2.45) is 0 Å². The highest BCUT2D eigenvalue weighted by molar-refractivity contribution is 7.89. The molecule has 1 saturated heterocycles. The minimum atomic E-state index is -3.48. The van der Waals surface area contributed by atoms with E-state index in [1.165, 1.54) is 0 Å². The van der Waals surface area contributed by atoms with Gasteiger partial charge < -0.3 is 9.64 Å². The number of nitrogens with one attached hydrogen (secondary N) is 1. The van der Waals surface area contributed by atoms with Crippen LogP contribution >= 0.6 is 0 Å². The van der Waals surface area contributed by atoms with Crippen LogP contribution in [0.2, 0.25) is 0 Å². The molecule has 0 aromatic heterocycles. The second-order valence-corrected chi connectivity index (χ2v) is 6.89. The Balaban J connectivity index is 2.00. The maximum atomic E-state index is 12.3. The summed E-state index contributed by atoms with van der Waals surface area (Å²) in [6.45, 7) is 1.80. The Morgan fingerprint density at radius 3 is 2.84 bits per heavy atom. The van der Waals surface area contributed by atoms with Crippen molar-refractivity contribution < 1.29 is 13.2 Å². The molecule has 0 unspecified atom stereocenters. The zero-order chi connectivity index (χ0) is 13.5. The third-order valence-corrected chi connectivity index (χ3v) is 5.32. The predicted molar refractivity (Wildman–Crippen MR) is 71.7 cm³/mol. The molecule has 3 rings (SSSR count). The van der Waals surface area contributed by atoms with Crippen LogP contribution in [0.1, 0.15) is 12.8 Å². The van der Waals surface area contributed by atoms with E-state index in [1.807, 2.05) is 7.05 Å². The first kappa shape index (κ1) is 12.9. The van der Waals surface area contributed by atoms with E-state index in [0.717, 1.165) is 25.9 Å². The van der Waals surface area contributed by atoms with Crippen molar-refractivity contribution in [3.05, 3.63) is 24.3 Å². The van der Waals surface area contributed by atoms with Gasteiger partial charge in [-0.15, -0.1) is 0 Å². The maximum absolute atomic E-state index is 12.3. The number of benzene rings is 1. The van der Waals surface area contributed by atoms with Crippen LogP contribution < -0.4 is 9.46 Å². The van der Waals surface area contributed by atoms with Crippen molar-refractivity contribution >= 4 is 10.0 Å². The van der Waals surface area contributed by atoms with Crippen LogP contribution in [0.4, 0.5) is 0 Å². The summed E-state index contributed by atoms with van der Waals surface area (Å²) in [5, 5.41) is 0. The van der Waals surface area contributed by atoms with Crippen LogP contribution in [-0.4, -0.2) is 45.6 Å². The summed E-state index contributed by atoms with van der Waals surface area (Å²) in [7, 11) is -1.43. The van der Waals surface area contributed by atoms with Gasteiger partial charge in [0, 0.05) is 6.54 Å². The normalized spacial score (nSPS) is 30.4. The fourth-order valence-electron chi connectivity index (χ4n) is 2.68. The van der Waals surface area contributed by atoms with Gasteiger partial charge in [0.25, 0.3) is 0 Å². The summed E-state index contributed by atoms with van der Waals surface area (Å²) in [6, 6.07) is 6.69. The average molecular weight is 282 g/mol. The first-order valence-corrected chi connectivity index (χ1v) is 8.01. The van der Waals surface area contributed by atoms with E-state index in [9.17, 15) is 8.42 Å². The summed E-state index contributed by atoms with van der Waals surface area (Å²) in [5.74, 6) is 0.465. The molecule has 0 radical (unpaired) electrons. The van der Waals surface area contributed by atoms with Gasteiger partial charge in [0.1, 0.15) is 16.7 Å². The molecule has 2 aliphatic heterocycles. The molecule has 0 saturated carbocycles. The Labute approximate surface area is 113 Å². The quantitative estimate of drug-likeness (QED) is 0.765. The minimum absolute atomic E-state index is 0.0941. The highest BCUT2D eigenvalue weighted by Crippen LogP contribution is 2.30. The van der Waals surface area contributed by atoms with Gasteiger partial charge in [-0.3, -0.25) is 0 Å². The smallest absolute Gasteiger partial charge is 0.244 e. The second-order valence-electron chi connectivity index (χ2n) is 5.21. The molecule has 1 aromatic carbocycles. The van der Waals surface area contributed by atoms with Crippen LogP contribution in [0, 0.1) is 0 Å². The zero-order valence-corrected chi connectivity index (χ0v) is 11.7. The van der Waals surface area contributed by atoms with Crippen molar-refractivity contribution in [2.45, 2.75) is 29.9 Å². The van der Waals surface area contributed by atoms with Gasteiger partial charge in [0.2, 0.25) is 10.0 Å². The molecule has 1 fully saturated rings. The summed E-state index contributed by atoms with van der Waals surface area (Å²) < 4.78 is 33.4. The molecule has 1 aromatic rings. The molecule has 1 N–H and O–H groups in total. The van der Waals surface area contributed by atoms with Gasteiger partial charge in [0.05, 0.1) is 6.04 Å². The van der Waals surface area contributed by atoms with E-state index in [2.05, 4.69) is 9.62 Å². The first-order chi connectivity index (χ1) is 9.06. The Morgan fingerprint density at radius 1 is 1.26 bits per heavy atom. The number of fused-ring (bicyclic) bond motifs is 2. The zero-order valence-electron chi connectivity index (χ0n) is 10.9. The van der Waals surface area contributed by atoms with E-state index < -0.39 is 10.0 Å². The van der Waals surface area contributed by atoms with Crippen molar-refractivity contribution in [3.8, 4) is 5.75 Å². The lowest BCUT2D eigenvalue weighted by atomic mass is 10.1. The lowest BCUT2D eigenvalue weighted by Gasteiger charge is -2.22. The Kier molecular flexibility index (Phi) is 3.24. The van der Waals surface area contributed by atoms with E-state index in [0.29, 0.717) is 5.75 Å². The minimum Gasteiger partial charge on any atom is -0.487 e. The average Bonchev–Trinajstić information content (AvgIpc) is 2.60. The SMILES string of the molecule is CN1CC[C@@H]2NS(=O)(=O)c3ccccc3O[C@H]2CC1. The molecule has 0 amide bonds. The molecular weight excluding hydrogens is 264 g/mol. The first-order valence-electron chi connectivity index (χ1n) is 6.53. The highest BCUT2D eigenvalue weighted by atomic mass is 32.2.